The first kappa shape index (κ1) is 14.9. The molecule has 1 rings (SSSR count). The molecule has 1 saturated heterocycles. The Labute approximate surface area is 108 Å². The number of hydrogen-bond acceptors (Lipinski definition) is 3. The van der Waals surface area contributed by atoms with Gasteiger partial charge < -0.3 is 15.1 Å². The van der Waals surface area contributed by atoms with Crippen LogP contribution in [0.1, 0.15) is 34.1 Å². The second-order valence-corrected chi connectivity index (χ2v) is 6.86. The zero-order chi connectivity index (χ0) is 13.1. The van der Waals surface area contributed by atoms with E-state index in [1.165, 1.54) is 26.1 Å². The van der Waals surface area contributed by atoms with Crippen molar-refractivity contribution in [3.63, 3.8) is 0 Å². The summed E-state index contributed by atoms with van der Waals surface area (Å²) in [5, 5.41) is 3.62. The van der Waals surface area contributed by atoms with E-state index >= 15 is 0 Å². The highest BCUT2D eigenvalue weighted by molar-refractivity contribution is 4.82. The highest BCUT2D eigenvalue weighted by Gasteiger charge is 2.24. The third-order valence-electron chi connectivity index (χ3n) is 3.70. The first-order valence-electron chi connectivity index (χ1n) is 6.92. The van der Waals surface area contributed by atoms with Gasteiger partial charge in [-0.15, -0.1) is 0 Å². The molecule has 1 aliphatic rings. The van der Waals surface area contributed by atoms with Crippen molar-refractivity contribution in [2.24, 2.45) is 5.92 Å². The molecule has 0 aromatic carbocycles. The molecule has 3 heteroatoms. The zero-order valence-corrected chi connectivity index (χ0v) is 12.6. The molecule has 0 radical (unpaired) electrons. The third-order valence-corrected chi connectivity index (χ3v) is 3.70. The van der Waals surface area contributed by atoms with E-state index in [1.54, 1.807) is 0 Å². The van der Waals surface area contributed by atoms with Gasteiger partial charge in [0.1, 0.15) is 0 Å². The van der Waals surface area contributed by atoms with Crippen molar-refractivity contribution in [3.8, 4) is 0 Å². The summed E-state index contributed by atoms with van der Waals surface area (Å²) >= 11 is 0. The molecule has 3 nitrogen and oxygen atoms in total. The standard InChI is InChI=1S/C14H31N3/c1-12(16(5)6)10-17-8-7-13(11-17)9-15-14(2,3)4/h12-13,15H,7-11H2,1-6H3. The van der Waals surface area contributed by atoms with E-state index < -0.39 is 0 Å². The molecule has 102 valence electrons. The van der Waals surface area contributed by atoms with E-state index in [-0.39, 0.29) is 5.54 Å². The van der Waals surface area contributed by atoms with Gasteiger partial charge in [0.15, 0.2) is 0 Å². The van der Waals surface area contributed by atoms with Crippen LogP contribution in [0.25, 0.3) is 0 Å². The Morgan fingerprint density at radius 3 is 2.53 bits per heavy atom. The van der Waals surface area contributed by atoms with Crippen LogP contribution < -0.4 is 5.32 Å². The van der Waals surface area contributed by atoms with Gasteiger partial charge in [-0.25, -0.2) is 0 Å². The van der Waals surface area contributed by atoms with Crippen LogP contribution in [-0.2, 0) is 0 Å². The summed E-state index contributed by atoms with van der Waals surface area (Å²) in [5.41, 5.74) is 0.254. The maximum atomic E-state index is 3.62. The molecule has 2 unspecified atom stereocenters. The molecule has 2 atom stereocenters. The molecule has 1 aliphatic heterocycles. The normalized spacial score (nSPS) is 24.5. The van der Waals surface area contributed by atoms with Crippen LogP contribution in [0.15, 0.2) is 0 Å². The summed E-state index contributed by atoms with van der Waals surface area (Å²) in [6, 6.07) is 0.657. The van der Waals surface area contributed by atoms with Crippen LogP contribution in [0.5, 0.6) is 0 Å². The topological polar surface area (TPSA) is 18.5 Å². The number of likely N-dealkylation sites (N-methyl/N-ethyl adjacent to an activating group) is 1. The predicted octanol–water partition coefficient (Wildman–Crippen LogP) is 1.65. The highest BCUT2D eigenvalue weighted by atomic mass is 15.2. The van der Waals surface area contributed by atoms with Crippen molar-refractivity contribution in [2.45, 2.75) is 45.7 Å². The number of hydrogen-bond donors (Lipinski definition) is 1. The van der Waals surface area contributed by atoms with Gasteiger partial charge in [-0.1, -0.05) is 0 Å². The smallest absolute Gasteiger partial charge is 0.0188 e. The highest BCUT2D eigenvalue weighted by Crippen LogP contribution is 2.17. The van der Waals surface area contributed by atoms with Gasteiger partial charge in [-0.3, -0.25) is 0 Å². The fraction of sp³-hybridized carbons (Fsp3) is 1.00. The second-order valence-electron chi connectivity index (χ2n) is 6.86. The Morgan fingerprint density at radius 1 is 1.35 bits per heavy atom. The summed E-state index contributed by atoms with van der Waals surface area (Å²) in [4.78, 5) is 4.92. The lowest BCUT2D eigenvalue weighted by molar-refractivity contribution is 0.214. The van der Waals surface area contributed by atoms with Crippen LogP contribution in [0.2, 0.25) is 0 Å². The summed E-state index contributed by atoms with van der Waals surface area (Å²) in [5.74, 6) is 0.837. The van der Waals surface area contributed by atoms with Gasteiger partial charge in [0.05, 0.1) is 0 Å². The van der Waals surface area contributed by atoms with E-state index in [2.05, 4.69) is 56.9 Å². The lowest BCUT2D eigenvalue weighted by atomic mass is 10.1. The Balaban J connectivity index is 2.23. The van der Waals surface area contributed by atoms with Crippen LogP contribution in [0.3, 0.4) is 0 Å². The predicted molar refractivity (Wildman–Crippen MR) is 75.5 cm³/mol. The van der Waals surface area contributed by atoms with E-state index in [9.17, 15) is 0 Å². The Hall–Kier alpha value is -0.120. The number of rotatable bonds is 5. The van der Waals surface area contributed by atoms with Gasteiger partial charge in [0, 0.05) is 24.7 Å². The van der Waals surface area contributed by atoms with Crippen molar-refractivity contribution in [3.05, 3.63) is 0 Å². The minimum atomic E-state index is 0.254. The quantitative estimate of drug-likeness (QED) is 0.789. The monoisotopic (exact) mass is 241 g/mol. The molecule has 0 aromatic rings. The molecule has 0 aromatic heterocycles. The van der Waals surface area contributed by atoms with Gasteiger partial charge >= 0.3 is 0 Å². The van der Waals surface area contributed by atoms with Crippen molar-refractivity contribution in [1.82, 2.24) is 15.1 Å². The summed E-state index contributed by atoms with van der Waals surface area (Å²) in [7, 11) is 4.33. The molecule has 0 spiro atoms. The zero-order valence-electron chi connectivity index (χ0n) is 12.6. The number of nitrogens with zero attached hydrogens (tertiary/aromatic N) is 2. The number of likely N-dealkylation sites (tertiary alicyclic amines) is 1. The Kier molecular flexibility index (Phi) is 5.42. The molecule has 0 aliphatic carbocycles. The molecule has 1 fully saturated rings. The van der Waals surface area contributed by atoms with Gasteiger partial charge in [0.25, 0.3) is 0 Å². The lowest BCUT2D eigenvalue weighted by Gasteiger charge is -2.26. The molecule has 0 saturated carbocycles. The maximum Gasteiger partial charge on any atom is 0.0188 e. The van der Waals surface area contributed by atoms with Crippen LogP contribution in [0, 0.1) is 5.92 Å². The summed E-state index contributed by atoms with van der Waals surface area (Å²) in [6.45, 7) is 13.9. The second kappa shape index (κ2) is 6.17. The molecule has 17 heavy (non-hydrogen) atoms. The van der Waals surface area contributed by atoms with Crippen molar-refractivity contribution < 1.29 is 0 Å². The Morgan fingerprint density at radius 2 is 2.00 bits per heavy atom. The maximum absolute atomic E-state index is 3.62. The largest absolute Gasteiger partial charge is 0.312 e. The van der Waals surface area contributed by atoms with Crippen LogP contribution in [0.4, 0.5) is 0 Å². The average Bonchev–Trinajstić information content (AvgIpc) is 2.61. The molecular weight excluding hydrogens is 210 g/mol. The van der Waals surface area contributed by atoms with Crippen LogP contribution >= 0.6 is 0 Å². The van der Waals surface area contributed by atoms with Gasteiger partial charge in [0.2, 0.25) is 0 Å². The molecule has 0 amide bonds. The molecule has 1 heterocycles. The molecule has 1 N–H and O–H groups in total. The Bertz CT molecular complexity index is 220. The first-order valence-corrected chi connectivity index (χ1v) is 6.92. The summed E-state index contributed by atoms with van der Waals surface area (Å²) in [6.07, 6.45) is 1.35. The fourth-order valence-electron chi connectivity index (χ4n) is 2.23. The average molecular weight is 241 g/mol. The van der Waals surface area contributed by atoms with Gasteiger partial charge in [-0.2, -0.15) is 0 Å². The van der Waals surface area contributed by atoms with E-state index in [0.717, 1.165) is 12.5 Å². The number of nitrogens with one attached hydrogen (secondary N) is 1. The fourth-order valence-corrected chi connectivity index (χ4v) is 2.23. The van der Waals surface area contributed by atoms with Crippen molar-refractivity contribution in [2.75, 3.05) is 40.3 Å². The molecule has 0 bridgehead atoms. The SMILES string of the molecule is CC(CN1CCC(CNC(C)(C)C)C1)N(C)C. The first-order chi connectivity index (χ1) is 7.78. The van der Waals surface area contributed by atoms with Gasteiger partial charge in [-0.05, 0) is 67.2 Å². The van der Waals surface area contributed by atoms with Crippen molar-refractivity contribution >= 4 is 0 Å². The third kappa shape index (κ3) is 5.84. The van der Waals surface area contributed by atoms with Crippen LogP contribution in [-0.4, -0.2) is 61.7 Å². The summed E-state index contributed by atoms with van der Waals surface area (Å²) < 4.78 is 0. The molecular formula is C14H31N3. The minimum absolute atomic E-state index is 0.254. The van der Waals surface area contributed by atoms with E-state index in [4.69, 9.17) is 0 Å². The minimum Gasteiger partial charge on any atom is -0.312 e. The lowest BCUT2D eigenvalue weighted by Crippen LogP contribution is -2.41. The van der Waals surface area contributed by atoms with E-state index in [0.29, 0.717) is 6.04 Å². The van der Waals surface area contributed by atoms with Crippen molar-refractivity contribution in [1.29, 1.82) is 0 Å². The van der Waals surface area contributed by atoms with E-state index in [1.807, 2.05) is 0 Å².